The van der Waals surface area contributed by atoms with Gasteiger partial charge in [-0.1, -0.05) is 6.07 Å². The SMILES string of the molecule is CCN(C(=O)c1cc(S(=O)(=O)Cl)ccc1C)C(C)C. The molecular weight excluding hydrogens is 286 g/mol. The summed E-state index contributed by atoms with van der Waals surface area (Å²) in [4.78, 5) is 14.0. The van der Waals surface area contributed by atoms with Gasteiger partial charge < -0.3 is 4.90 Å². The van der Waals surface area contributed by atoms with Crippen molar-refractivity contribution in [1.82, 2.24) is 4.90 Å². The van der Waals surface area contributed by atoms with Crippen LogP contribution in [0.25, 0.3) is 0 Å². The van der Waals surface area contributed by atoms with Crippen LogP contribution < -0.4 is 0 Å². The standard InChI is InChI=1S/C13H18ClNO3S/c1-5-15(9(2)3)13(16)12-8-11(19(14,17)18)7-6-10(12)4/h6-9H,5H2,1-4H3. The third-order valence-electron chi connectivity index (χ3n) is 2.95. The molecule has 0 saturated heterocycles. The second-order valence-electron chi connectivity index (χ2n) is 4.60. The number of rotatable bonds is 4. The van der Waals surface area contributed by atoms with E-state index in [1.165, 1.54) is 12.1 Å². The molecule has 1 aromatic rings. The third-order valence-corrected chi connectivity index (χ3v) is 4.30. The Labute approximate surface area is 118 Å². The fraction of sp³-hybridized carbons (Fsp3) is 0.462. The largest absolute Gasteiger partial charge is 0.336 e. The summed E-state index contributed by atoms with van der Waals surface area (Å²) in [6.07, 6.45) is 0. The number of amides is 1. The zero-order valence-electron chi connectivity index (χ0n) is 11.5. The molecule has 0 aliphatic heterocycles. The van der Waals surface area contributed by atoms with E-state index in [0.29, 0.717) is 12.1 Å². The highest BCUT2D eigenvalue weighted by atomic mass is 35.7. The summed E-state index contributed by atoms with van der Waals surface area (Å²) in [7, 11) is 1.48. The maximum absolute atomic E-state index is 12.4. The molecule has 0 radical (unpaired) electrons. The molecule has 0 bridgehead atoms. The molecule has 0 aromatic heterocycles. The van der Waals surface area contributed by atoms with Crippen molar-refractivity contribution in [2.75, 3.05) is 6.54 Å². The molecule has 0 aliphatic rings. The minimum absolute atomic E-state index is 0.0492. The van der Waals surface area contributed by atoms with Gasteiger partial charge in [0.2, 0.25) is 0 Å². The second kappa shape index (κ2) is 5.92. The van der Waals surface area contributed by atoms with Crippen molar-refractivity contribution in [3.05, 3.63) is 29.3 Å². The van der Waals surface area contributed by atoms with Gasteiger partial charge in [-0.15, -0.1) is 0 Å². The molecule has 6 heteroatoms. The Hall–Kier alpha value is -1.07. The summed E-state index contributed by atoms with van der Waals surface area (Å²) in [5, 5.41) is 0. The molecule has 106 valence electrons. The molecule has 0 unspecified atom stereocenters. The van der Waals surface area contributed by atoms with Crippen LogP contribution in [0.15, 0.2) is 23.1 Å². The lowest BCUT2D eigenvalue weighted by Gasteiger charge is -2.26. The molecule has 1 amide bonds. The van der Waals surface area contributed by atoms with Crippen LogP contribution in [-0.2, 0) is 9.05 Å². The van der Waals surface area contributed by atoms with Gasteiger partial charge in [0.25, 0.3) is 15.0 Å². The van der Waals surface area contributed by atoms with Crippen LogP contribution >= 0.6 is 10.7 Å². The minimum Gasteiger partial charge on any atom is -0.336 e. The van der Waals surface area contributed by atoms with Crippen molar-refractivity contribution in [2.24, 2.45) is 0 Å². The van der Waals surface area contributed by atoms with Crippen molar-refractivity contribution < 1.29 is 13.2 Å². The van der Waals surface area contributed by atoms with Gasteiger partial charge in [0.15, 0.2) is 0 Å². The van der Waals surface area contributed by atoms with E-state index in [-0.39, 0.29) is 16.8 Å². The first-order valence-electron chi connectivity index (χ1n) is 6.04. The molecule has 1 aromatic carbocycles. The smallest absolute Gasteiger partial charge is 0.261 e. The van der Waals surface area contributed by atoms with Crippen LogP contribution in [0.3, 0.4) is 0 Å². The summed E-state index contributed by atoms with van der Waals surface area (Å²) in [5.74, 6) is -0.183. The van der Waals surface area contributed by atoms with Gasteiger partial charge in [-0.2, -0.15) is 0 Å². The summed E-state index contributed by atoms with van der Waals surface area (Å²) >= 11 is 0. The molecule has 0 atom stereocenters. The predicted molar refractivity (Wildman–Crippen MR) is 76.1 cm³/mol. The number of benzene rings is 1. The van der Waals surface area contributed by atoms with Crippen molar-refractivity contribution in [1.29, 1.82) is 0 Å². The van der Waals surface area contributed by atoms with E-state index in [1.807, 2.05) is 20.8 Å². The maximum Gasteiger partial charge on any atom is 0.261 e. The summed E-state index contributed by atoms with van der Waals surface area (Å²) in [5.41, 5.74) is 1.10. The molecule has 1 rings (SSSR count). The number of hydrogen-bond acceptors (Lipinski definition) is 3. The molecule has 0 spiro atoms. The van der Waals surface area contributed by atoms with Crippen molar-refractivity contribution in [3.63, 3.8) is 0 Å². The van der Waals surface area contributed by atoms with Gasteiger partial charge in [0.1, 0.15) is 0 Å². The van der Waals surface area contributed by atoms with Crippen molar-refractivity contribution >= 4 is 25.6 Å². The van der Waals surface area contributed by atoms with E-state index >= 15 is 0 Å². The fourth-order valence-corrected chi connectivity index (χ4v) is 2.66. The second-order valence-corrected chi connectivity index (χ2v) is 7.17. The molecule has 4 nitrogen and oxygen atoms in total. The summed E-state index contributed by atoms with van der Waals surface area (Å²) in [6.45, 7) is 8.05. The first-order chi connectivity index (χ1) is 8.68. The Morgan fingerprint density at radius 2 is 1.95 bits per heavy atom. The Balaban J connectivity index is 3.30. The number of carbonyl (C=O) groups excluding carboxylic acids is 1. The van der Waals surface area contributed by atoms with E-state index in [0.717, 1.165) is 5.56 Å². The van der Waals surface area contributed by atoms with Crippen LogP contribution in [0.2, 0.25) is 0 Å². The topological polar surface area (TPSA) is 54.5 Å². The number of hydrogen-bond donors (Lipinski definition) is 0. The molecule has 0 aliphatic carbocycles. The monoisotopic (exact) mass is 303 g/mol. The molecule has 0 saturated carbocycles. The lowest BCUT2D eigenvalue weighted by molar-refractivity contribution is 0.0716. The third kappa shape index (κ3) is 3.70. The van der Waals surface area contributed by atoms with Crippen LogP contribution in [0.5, 0.6) is 0 Å². The zero-order valence-corrected chi connectivity index (χ0v) is 13.0. The van der Waals surface area contributed by atoms with Gasteiger partial charge in [-0.3, -0.25) is 4.79 Å². The lowest BCUT2D eigenvalue weighted by Crippen LogP contribution is -2.37. The van der Waals surface area contributed by atoms with Crippen LogP contribution in [-0.4, -0.2) is 31.8 Å². The van der Waals surface area contributed by atoms with Crippen molar-refractivity contribution in [3.8, 4) is 0 Å². The Morgan fingerprint density at radius 1 is 1.37 bits per heavy atom. The van der Waals surface area contributed by atoms with E-state index in [2.05, 4.69) is 0 Å². The van der Waals surface area contributed by atoms with Gasteiger partial charge in [-0.25, -0.2) is 8.42 Å². The maximum atomic E-state index is 12.4. The zero-order chi connectivity index (χ0) is 14.8. The normalized spacial score (nSPS) is 11.7. The first kappa shape index (κ1) is 16.0. The van der Waals surface area contributed by atoms with E-state index in [9.17, 15) is 13.2 Å². The van der Waals surface area contributed by atoms with Crippen molar-refractivity contribution in [2.45, 2.75) is 38.6 Å². The molecular formula is C13H18ClNO3S. The number of aryl methyl sites for hydroxylation is 1. The van der Waals surface area contributed by atoms with Gasteiger partial charge in [-0.05, 0) is 45.4 Å². The first-order valence-corrected chi connectivity index (χ1v) is 8.35. The molecule has 19 heavy (non-hydrogen) atoms. The van der Waals surface area contributed by atoms with Gasteiger partial charge >= 0.3 is 0 Å². The molecule has 0 fully saturated rings. The van der Waals surface area contributed by atoms with Crippen LogP contribution in [0, 0.1) is 6.92 Å². The molecule has 0 heterocycles. The fourth-order valence-electron chi connectivity index (χ4n) is 1.88. The lowest BCUT2D eigenvalue weighted by atomic mass is 10.1. The summed E-state index contributed by atoms with van der Waals surface area (Å²) in [6, 6.07) is 4.38. The van der Waals surface area contributed by atoms with Gasteiger partial charge in [0.05, 0.1) is 4.90 Å². The highest BCUT2D eigenvalue weighted by molar-refractivity contribution is 8.13. The average Bonchev–Trinajstić information content (AvgIpc) is 2.28. The molecule has 0 N–H and O–H groups in total. The number of halogens is 1. The van der Waals surface area contributed by atoms with E-state index < -0.39 is 9.05 Å². The van der Waals surface area contributed by atoms with Crippen LogP contribution in [0.1, 0.15) is 36.7 Å². The highest BCUT2D eigenvalue weighted by Crippen LogP contribution is 2.21. The minimum atomic E-state index is -3.83. The number of nitrogens with zero attached hydrogens (tertiary/aromatic N) is 1. The Kier molecular flexibility index (Phi) is 4.98. The Bertz CT molecular complexity index is 582. The average molecular weight is 304 g/mol. The predicted octanol–water partition coefficient (Wildman–Crippen LogP) is 2.79. The van der Waals surface area contributed by atoms with Gasteiger partial charge in [0, 0.05) is 28.8 Å². The summed E-state index contributed by atoms with van der Waals surface area (Å²) < 4.78 is 22.7. The Morgan fingerprint density at radius 3 is 2.37 bits per heavy atom. The number of carbonyl (C=O) groups is 1. The van der Waals surface area contributed by atoms with E-state index in [1.54, 1.807) is 17.9 Å². The highest BCUT2D eigenvalue weighted by Gasteiger charge is 2.21. The quantitative estimate of drug-likeness (QED) is 0.804. The van der Waals surface area contributed by atoms with Crippen LogP contribution in [0.4, 0.5) is 0 Å². The van der Waals surface area contributed by atoms with E-state index in [4.69, 9.17) is 10.7 Å².